The van der Waals surface area contributed by atoms with Gasteiger partial charge in [0.2, 0.25) is 0 Å². The summed E-state index contributed by atoms with van der Waals surface area (Å²) < 4.78 is 10.1. The maximum absolute atomic E-state index is 12.3. The van der Waals surface area contributed by atoms with E-state index >= 15 is 0 Å². The van der Waals surface area contributed by atoms with Crippen molar-refractivity contribution in [3.63, 3.8) is 0 Å². The Hall–Kier alpha value is -2.57. The van der Waals surface area contributed by atoms with Crippen LogP contribution in [0.15, 0.2) is 24.3 Å². The number of rotatable bonds is 5. The Morgan fingerprint density at radius 2 is 1.71 bits per heavy atom. The fraction of sp³-hybridized carbons (Fsp3) is 0.571. The van der Waals surface area contributed by atoms with Crippen molar-refractivity contribution in [1.29, 1.82) is 0 Å². The quantitative estimate of drug-likeness (QED) is 0.759. The lowest BCUT2D eigenvalue weighted by Gasteiger charge is -2.56. The number of imide groups is 1. The first kappa shape index (κ1) is 18.8. The van der Waals surface area contributed by atoms with Crippen LogP contribution >= 0.6 is 0 Å². The van der Waals surface area contributed by atoms with E-state index in [-0.39, 0.29) is 11.1 Å². The standard InChI is InChI=1S/C21H26N2O5/c1-27-17-4-2-3-16(8-17)19(25)28-12-18(24)22-20(26)23-21-9-13-5-14(10-21)7-15(6-13)11-21/h2-4,8,13-15H,5-7,9-12H2,1H3,(H2,22,23,24,26). The number of ether oxygens (including phenoxy) is 2. The van der Waals surface area contributed by atoms with Crippen LogP contribution in [-0.4, -0.2) is 37.2 Å². The molecule has 0 atom stereocenters. The smallest absolute Gasteiger partial charge is 0.338 e. The van der Waals surface area contributed by atoms with Crippen LogP contribution in [0.4, 0.5) is 4.79 Å². The van der Waals surface area contributed by atoms with E-state index in [9.17, 15) is 14.4 Å². The van der Waals surface area contributed by atoms with Crippen molar-refractivity contribution in [3.05, 3.63) is 29.8 Å². The third kappa shape index (κ3) is 3.98. The van der Waals surface area contributed by atoms with Gasteiger partial charge in [-0.3, -0.25) is 10.1 Å². The largest absolute Gasteiger partial charge is 0.497 e. The molecule has 4 aliphatic rings. The molecule has 5 rings (SSSR count). The van der Waals surface area contributed by atoms with Crippen LogP contribution in [0.1, 0.15) is 48.9 Å². The maximum atomic E-state index is 12.3. The van der Waals surface area contributed by atoms with E-state index in [1.165, 1.54) is 32.4 Å². The van der Waals surface area contributed by atoms with Crippen molar-refractivity contribution in [1.82, 2.24) is 10.6 Å². The van der Waals surface area contributed by atoms with E-state index in [1.807, 2.05) is 0 Å². The molecule has 0 heterocycles. The molecule has 0 radical (unpaired) electrons. The number of carbonyl (C=O) groups is 3. The zero-order valence-electron chi connectivity index (χ0n) is 16.0. The van der Waals surface area contributed by atoms with E-state index in [0.29, 0.717) is 23.5 Å². The van der Waals surface area contributed by atoms with E-state index in [0.717, 1.165) is 19.3 Å². The van der Waals surface area contributed by atoms with E-state index in [1.54, 1.807) is 18.2 Å². The highest BCUT2D eigenvalue weighted by atomic mass is 16.5. The Morgan fingerprint density at radius 1 is 1.07 bits per heavy atom. The van der Waals surface area contributed by atoms with Gasteiger partial charge >= 0.3 is 12.0 Å². The Bertz CT molecular complexity index is 755. The van der Waals surface area contributed by atoms with Crippen molar-refractivity contribution in [2.24, 2.45) is 17.8 Å². The zero-order chi connectivity index (χ0) is 19.7. The molecule has 1 aromatic carbocycles. The SMILES string of the molecule is COc1cccc(C(=O)OCC(=O)NC(=O)NC23CC4CC(CC(C4)C2)C3)c1. The number of carbonyl (C=O) groups excluding carboxylic acids is 3. The number of benzene rings is 1. The molecule has 0 unspecified atom stereocenters. The second kappa shape index (κ2) is 7.45. The molecule has 7 nitrogen and oxygen atoms in total. The third-order valence-electron chi connectivity index (χ3n) is 6.31. The maximum Gasteiger partial charge on any atom is 0.338 e. The fourth-order valence-electron chi connectivity index (χ4n) is 5.66. The van der Waals surface area contributed by atoms with Gasteiger partial charge in [0, 0.05) is 5.54 Å². The monoisotopic (exact) mass is 386 g/mol. The third-order valence-corrected chi connectivity index (χ3v) is 6.31. The first-order valence-electron chi connectivity index (χ1n) is 9.88. The second-order valence-electron chi connectivity index (χ2n) is 8.51. The molecule has 4 saturated carbocycles. The van der Waals surface area contributed by atoms with Gasteiger partial charge in [-0.1, -0.05) is 6.07 Å². The number of hydrogen-bond donors (Lipinski definition) is 2. The van der Waals surface area contributed by atoms with Crippen LogP contribution in [0.5, 0.6) is 5.75 Å². The van der Waals surface area contributed by atoms with Crippen LogP contribution in [-0.2, 0) is 9.53 Å². The molecule has 0 saturated heterocycles. The Morgan fingerprint density at radius 3 is 2.32 bits per heavy atom. The number of hydrogen-bond acceptors (Lipinski definition) is 5. The Balaban J connectivity index is 1.26. The molecule has 0 aliphatic heterocycles. The van der Waals surface area contributed by atoms with Crippen LogP contribution in [0.25, 0.3) is 0 Å². The van der Waals surface area contributed by atoms with E-state index in [4.69, 9.17) is 9.47 Å². The summed E-state index contributed by atoms with van der Waals surface area (Å²) in [5.41, 5.74) is 0.112. The van der Waals surface area contributed by atoms with Crippen molar-refractivity contribution < 1.29 is 23.9 Å². The van der Waals surface area contributed by atoms with Gasteiger partial charge in [-0.05, 0) is 74.5 Å². The molecule has 4 aliphatic carbocycles. The van der Waals surface area contributed by atoms with Crippen LogP contribution < -0.4 is 15.4 Å². The predicted molar refractivity (Wildman–Crippen MR) is 101 cm³/mol. The minimum atomic E-state index is -0.643. The van der Waals surface area contributed by atoms with Gasteiger partial charge in [-0.15, -0.1) is 0 Å². The van der Waals surface area contributed by atoms with Gasteiger partial charge in [-0.2, -0.15) is 0 Å². The molecule has 28 heavy (non-hydrogen) atoms. The molecule has 0 aromatic heterocycles. The molecule has 1 aromatic rings. The van der Waals surface area contributed by atoms with E-state index in [2.05, 4.69) is 10.6 Å². The van der Waals surface area contributed by atoms with Gasteiger partial charge < -0.3 is 14.8 Å². The summed E-state index contributed by atoms with van der Waals surface area (Å²) in [4.78, 5) is 36.4. The van der Waals surface area contributed by atoms with Crippen LogP contribution in [0, 0.1) is 17.8 Å². The lowest BCUT2D eigenvalue weighted by atomic mass is 9.53. The second-order valence-corrected chi connectivity index (χ2v) is 8.51. The normalized spacial score (nSPS) is 29.8. The van der Waals surface area contributed by atoms with Crippen molar-refractivity contribution in [3.8, 4) is 5.75 Å². The molecule has 4 fully saturated rings. The topological polar surface area (TPSA) is 93.7 Å². The predicted octanol–water partition coefficient (Wildman–Crippen LogP) is 2.65. The van der Waals surface area contributed by atoms with Crippen LogP contribution in [0.2, 0.25) is 0 Å². The highest BCUT2D eigenvalue weighted by molar-refractivity contribution is 5.97. The summed E-state index contributed by atoms with van der Waals surface area (Å²) in [5, 5.41) is 5.36. The van der Waals surface area contributed by atoms with Crippen LogP contribution in [0.3, 0.4) is 0 Å². The highest BCUT2D eigenvalue weighted by Crippen LogP contribution is 2.55. The summed E-state index contributed by atoms with van der Waals surface area (Å²) in [6.07, 6.45) is 6.85. The van der Waals surface area contributed by atoms with Gasteiger partial charge in [0.15, 0.2) is 6.61 Å². The van der Waals surface area contributed by atoms with Gasteiger partial charge in [-0.25, -0.2) is 9.59 Å². The minimum absolute atomic E-state index is 0.170. The lowest BCUT2D eigenvalue weighted by Crippen LogP contribution is -2.62. The summed E-state index contributed by atoms with van der Waals surface area (Å²) >= 11 is 0. The number of methoxy groups -OCH3 is 1. The van der Waals surface area contributed by atoms with Crippen molar-refractivity contribution >= 4 is 17.9 Å². The summed E-state index contributed by atoms with van der Waals surface area (Å²) in [7, 11) is 1.50. The first-order chi connectivity index (χ1) is 13.4. The summed E-state index contributed by atoms with van der Waals surface area (Å²) in [5.74, 6) is 1.34. The summed E-state index contributed by atoms with van der Waals surface area (Å²) in [6.45, 7) is -0.510. The number of esters is 1. The molecular weight excluding hydrogens is 360 g/mol. The van der Waals surface area contributed by atoms with Crippen molar-refractivity contribution in [2.45, 2.75) is 44.1 Å². The van der Waals surface area contributed by atoms with Gasteiger partial charge in [0.05, 0.1) is 12.7 Å². The molecule has 150 valence electrons. The molecule has 3 amide bonds. The molecular formula is C21H26N2O5. The van der Waals surface area contributed by atoms with Gasteiger partial charge in [0.25, 0.3) is 5.91 Å². The Labute approximate surface area is 164 Å². The first-order valence-corrected chi connectivity index (χ1v) is 9.88. The fourth-order valence-corrected chi connectivity index (χ4v) is 5.66. The minimum Gasteiger partial charge on any atom is -0.497 e. The Kier molecular flexibility index (Phi) is 5.00. The molecule has 7 heteroatoms. The number of amides is 3. The summed E-state index contributed by atoms with van der Waals surface area (Å²) in [6, 6.07) is 5.97. The van der Waals surface area contributed by atoms with E-state index < -0.39 is 24.5 Å². The zero-order valence-corrected chi connectivity index (χ0v) is 16.0. The average molecular weight is 386 g/mol. The van der Waals surface area contributed by atoms with Crippen molar-refractivity contribution in [2.75, 3.05) is 13.7 Å². The number of urea groups is 1. The number of nitrogens with one attached hydrogen (secondary N) is 2. The molecule has 2 N–H and O–H groups in total. The average Bonchev–Trinajstić information content (AvgIpc) is 2.64. The molecule has 4 bridgehead atoms. The molecule has 0 spiro atoms. The highest BCUT2D eigenvalue weighted by Gasteiger charge is 2.51. The lowest BCUT2D eigenvalue weighted by molar-refractivity contribution is -0.123. The van der Waals surface area contributed by atoms with Gasteiger partial charge in [0.1, 0.15) is 5.75 Å².